The minimum atomic E-state index is -0.234. The van der Waals surface area contributed by atoms with Crippen molar-refractivity contribution >= 4 is 11.7 Å². The summed E-state index contributed by atoms with van der Waals surface area (Å²) in [5, 5.41) is 5.87. The van der Waals surface area contributed by atoms with E-state index < -0.39 is 0 Å². The molecule has 0 radical (unpaired) electrons. The second-order valence-corrected chi connectivity index (χ2v) is 6.41. The highest BCUT2D eigenvalue weighted by Crippen LogP contribution is 2.20. The van der Waals surface area contributed by atoms with Crippen LogP contribution in [0.5, 0.6) is 5.88 Å². The highest BCUT2D eigenvalue weighted by molar-refractivity contribution is 5.89. The lowest BCUT2D eigenvalue weighted by molar-refractivity contribution is 0.0500. The van der Waals surface area contributed by atoms with Crippen molar-refractivity contribution in [3.63, 3.8) is 0 Å². The summed E-state index contributed by atoms with van der Waals surface area (Å²) in [6, 6.07) is 13.1. The quantitative estimate of drug-likeness (QED) is 0.875. The Morgan fingerprint density at radius 2 is 2.00 bits per heavy atom. The van der Waals surface area contributed by atoms with E-state index in [0.717, 1.165) is 18.4 Å². The molecule has 2 amide bonds. The predicted molar refractivity (Wildman–Crippen MR) is 95.6 cm³/mol. The van der Waals surface area contributed by atoms with Crippen LogP contribution >= 0.6 is 0 Å². The van der Waals surface area contributed by atoms with Crippen LogP contribution in [-0.4, -0.2) is 29.8 Å². The van der Waals surface area contributed by atoms with Gasteiger partial charge in [0, 0.05) is 36.7 Å². The first-order valence-corrected chi connectivity index (χ1v) is 8.43. The van der Waals surface area contributed by atoms with Gasteiger partial charge >= 0.3 is 6.03 Å². The monoisotopic (exact) mass is 341 g/mol. The van der Waals surface area contributed by atoms with Crippen LogP contribution in [0.4, 0.5) is 10.5 Å². The number of nitrogens with one attached hydrogen (secondary N) is 2. The molecule has 1 aliphatic heterocycles. The Morgan fingerprint density at radius 1 is 1.24 bits per heavy atom. The van der Waals surface area contributed by atoms with Crippen LogP contribution in [0.3, 0.4) is 0 Å². The van der Waals surface area contributed by atoms with Crippen molar-refractivity contribution in [2.24, 2.45) is 0 Å². The molecule has 0 bridgehead atoms. The van der Waals surface area contributed by atoms with Crippen molar-refractivity contribution in [1.82, 2.24) is 10.3 Å². The fourth-order valence-corrected chi connectivity index (χ4v) is 2.68. The summed E-state index contributed by atoms with van der Waals surface area (Å²) < 4.78 is 11.0. The summed E-state index contributed by atoms with van der Waals surface area (Å²) in [6.45, 7) is 3.81. The molecule has 132 valence electrons. The Labute approximate surface area is 147 Å². The molecular weight excluding hydrogens is 318 g/mol. The van der Waals surface area contributed by atoms with Crippen molar-refractivity contribution < 1.29 is 14.3 Å². The molecule has 1 saturated heterocycles. The molecule has 1 aromatic carbocycles. The van der Waals surface area contributed by atoms with Gasteiger partial charge in [-0.25, -0.2) is 9.78 Å². The zero-order valence-corrected chi connectivity index (χ0v) is 14.3. The molecule has 3 rings (SSSR count). The van der Waals surface area contributed by atoms with Crippen molar-refractivity contribution in [2.45, 2.75) is 31.9 Å². The summed E-state index contributed by atoms with van der Waals surface area (Å²) in [5.41, 5.74) is 1.47. The van der Waals surface area contributed by atoms with E-state index in [1.54, 1.807) is 18.3 Å². The van der Waals surface area contributed by atoms with E-state index in [-0.39, 0.29) is 11.6 Å². The number of carbonyl (C=O) groups is 1. The fraction of sp³-hybridized carbons (Fsp3) is 0.368. The van der Waals surface area contributed by atoms with Gasteiger partial charge in [0.05, 0.1) is 0 Å². The van der Waals surface area contributed by atoms with Crippen molar-refractivity contribution in [2.75, 3.05) is 18.5 Å². The molecule has 2 N–H and O–H groups in total. The molecule has 0 aliphatic carbocycles. The third-order valence-electron chi connectivity index (χ3n) is 4.23. The van der Waals surface area contributed by atoms with Crippen LogP contribution in [0.2, 0.25) is 0 Å². The van der Waals surface area contributed by atoms with E-state index in [4.69, 9.17) is 9.47 Å². The first-order valence-electron chi connectivity index (χ1n) is 8.43. The Bertz CT molecular complexity index is 700. The van der Waals surface area contributed by atoms with Gasteiger partial charge in [-0.15, -0.1) is 0 Å². The molecular formula is C19H23N3O3. The third kappa shape index (κ3) is 5.19. The molecule has 2 heterocycles. The number of anilines is 1. The molecule has 1 aromatic heterocycles. The van der Waals surface area contributed by atoms with Crippen molar-refractivity contribution in [3.8, 4) is 5.88 Å². The van der Waals surface area contributed by atoms with Gasteiger partial charge < -0.3 is 20.1 Å². The Balaban J connectivity index is 1.55. The second-order valence-electron chi connectivity index (χ2n) is 6.41. The maximum Gasteiger partial charge on any atom is 0.319 e. The summed E-state index contributed by atoms with van der Waals surface area (Å²) in [5.74, 6) is 0.471. The fourth-order valence-electron chi connectivity index (χ4n) is 2.68. The van der Waals surface area contributed by atoms with Crippen LogP contribution in [0.1, 0.15) is 25.3 Å². The van der Waals surface area contributed by atoms with Gasteiger partial charge in [-0.2, -0.15) is 0 Å². The van der Waals surface area contributed by atoms with E-state index >= 15 is 0 Å². The normalized spacial score (nSPS) is 16.0. The van der Waals surface area contributed by atoms with Gasteiger partial charge in [-0.1, -0.05) is 30.3 Å². The summed E-state index contributed by atoms with van der Waals surface area (Å²) in [6.07, 6.45) is 3.23. The molecule has 0 atom stereocenters. The van der Waals surface area contributed by atoms with Crippen LogP contribution in [0.25, 0.3) is 0 Å². The standard InChI is InChI=1S/C19H23N3O3/c1-19(8-11-24-12-9-19)22-18(23)21-16-7-10-20-17(13-16)25-14-15-5-3-2-4-6-15/h2-7,10,13H,8-9,11-12,14H2,1H3,(H2,20,21,22,23). The minimum Gasteiger partial charge on any atom is -0.473 e. The first-order chi connectivity index (χ1) is 12.1. The number of carbonyl (C=O) groups excluding carboxylic acids is 1. The summed E-state index contributed by atoms with van der Waals surface area (Å²) >= 11 is 0. The number of hydrogen-bond donors (Lipinski definition) is 2. The number of ether oxygens (including phenoxy) is 2. The van der Waals surface area contributed by atoms with E-state index in [9.17, 15) is 4.79 Å². The van der Waals surface area contributed by atoms with Gasteiger partial charge in [0.1, 0.15) is 6.61 Å². The van der Waals surface area contributed by atoms with Crippen LogP contribution in [0.15, 0.2) is 48.7 Å². The molecule has 25 heavy (non-hydrogen) atoms. The topological polar surface area (TPSA) is 72.5 Å². The number of nitrogens with zero attached hydrogens (tertiary/aromatic N) is 1. The number of benzene rings is 1. The lowest BCUT2D eigenvalue weighted by Crippen LogP contribution is -2.51. The Hall–Kier alpha value is -2.60. The molecule has 2 aromatic rings. The molecule has 0 saturated carbocycles. The van der Waals surface area contributed by atoms with Crippen LogP contribution < -0.4 is 15.4 Å². The zero-order valence-electron chi connectivity index (χ0n) is 14.3. The third-order valence-corrected chi connectivity index (χ3v) is 4.23. The molecule has 6 heteroatoms. The number of urea groups is 1. The number of amides is 2. The van der Waals surface area contributed by atoms with E-state index in [1.807, 2.05) is 37.3 Å². The summed E-state index contributed by atoms with van der Waals surface area (Å²) in [4.78, 5) is 16.4. The molecule has 6 nitrogen and oxygen atoms in total. The van der Waals surface area contributed by atoms with Gasteiger partial charge in [0.25, 0.3) is 0 Å². The smallest absolute Gasteiger partial charge is 0.319 e. The highest BCUT2D eigenvalue weighted by atomic mass is 16.5. The Morgan fingerprint density at radius 3 is 2.76 bits per heavy atom. The van der Waals surface area contributed by atoms with E-state index in [0.29, 0.717) is 31.4 Å². The van der Waals surface area contributed by atoms with Crippen molar-refractivity contribution in [3.05, 3.63) is 54.2 Å². The van der Waals surface area contributed by atoms with Crippen LogP contribution in [0, 0.1) is 0 Å². The maximum absolute atomic E-state index is 12.3. The van der Waals surface area contributed by atoms with E-state index in [1.165, 1.54) is 0 Å². The zero-order chi connectivity index (χ0) is 17.5. The molecule has 1 aliphatic rings. The minimum absolute atomic E-state index is 0.232. The van der Waals surface area contributed by atoms with Gasteiger partial charge in [0.2, 0.25) is 5.88 Å². The maximum atomic E-state index is 12.3. The van der Waals surface area contributed by atoms with Crippen LogP contribution in [-0.2, 0) is 11.3 Å². The molecule has 0 spiro atoms. The number of rotatable bonds is 5. The SMILES string of the molecule is CC1(NC(=O)Nc2ccnc(OCc3ccccc3)c2)CCOCC1. The number of aromatic nitrogens is 1. The van der Waals surface area contributed by atoms with Crippen molar-refractivity contribution in [1.29, 1.82) is 0 Å². The van der Waals surface area contributed by atoms with Gasteiger partial charge in [-0.3, -0.25) is 0 Å². The molecule has 0 unspecified atom stereocenters. The van der Waals surface area contributed by atoms with Gasteiger partial charge in [0.15, 0.2) is 0 Å². The number of pyridine rings is 1. The predicted octanol–water partition coefficient (Wildman–Crippen LogP) is 3.35. The average molecular weight is 341 g/mol. The largest absolute Gasteiger partial charge is 0.473 e. The van der Waals surface area contributed by atoms with E-state index in [2.05, 4.69) is 15.6 Å². The summed E-state index contributed by atoms with van der Waals surface area (Å²) in [7, 11) is 0. The first kappa shape index (κ1) is 17.2. The van der Waals surface area contributed by atoms with Gasteiger partial charge in [-0.05, 0) is 31.4 Å². The lowest BCUT2D eigenvalue weighted by Gasteiger charge is -2.34. The second kappa shape index (κ2) is 7.98. The number of hydrogen-bond acceptors (Lipinski definition) is 4. The Kier molecular flexibility index (Phi) is 5.50. The average Bonchev–Trinajstić information content (AvgIpc) is 2.61. The highest BCUT2D eigenvalue weighted by Gasteiger charge is 2.28. The molecule has 1 fully saturated rings. The lowest BCUT2D eigenvalue weighted by atomic mass is 9.93.